The predicted molar refractivity (Wildman–Crippen MR) is 82.8 cm³/mol. The molecule has 1 aliphatic rings. The summed E-state index contributed by atoms with van der Waals surface area (Å²) in [4.78, 5) is 5.93. The van der Waals surface area contributed by atoms with Crippen LogP contribution in [-0.4, -0.2) is 24.6 Å². The molecule has 1 saturated heterocycles. The molecule has 2 unspecified atom stereocenters. The Labute approximate surface area is 121 Å². The summed E-state index contributed by atoms with van der Waals surface area (Å²) in [5.74, 6) is 0. The van der Waals surface area contributed by atoms with Crippen LogP contribution in [0, 0.1) is 19.3 Å². The van der Waals surface area contributed by atoms with Crippen molar-refractivity contribution in [2.24, 2.45) is 5.41 Å². The number of aryl methyl sites for hydroxylation is 2. The Hall–Kier alpha value is -0.450. The van der Waals surface area contributed by atoms with Crippen LogP contribution in [0.15, 0.2) is 0 Å². The molecule has 1 aromatic heterocycles. The lowest BCUT2D eigenvalue weighted by Crippen LogP contribution is -2.37. The lowest BCUT2D eigenvalue weighted by molar-refractivity contribution is 0.267. The second kappa shape index (κ2) is 6.33. The fraction of sp³-hybridized carbons (Fsp3) is 0.800. The minimum Gasteiger partial charge on any atom is -0.316 e. The van der Waals surface area contributed by atoms with Crippen molar-refractivity contribution in [3.8, 4) is 0 Å². The SMILES string of the molecule is CCCC1(CNC(C)c2sc(C)nc2C)CCNC1. The van der Waals surface area contributed by atoms with Gasteiger partial charge in [0.15, 0.2) is 0 Å². The first-order valence-corrected chi connectivity index (χ1v) is 8.26. The standard InChI is InChI=1S/C15H27N3S/c1-5-6-15(7-8-16-9-15)10-17-11(2)14-12(3)18-13(4)19-14/h11,16-17H,5-10H2,1-4H3. The Morgan fingerprint density at radius 1 is 1.47 bits per heavy atom. The average Bonchev–Trinajstić information content (AvgIpc) is 2.94. The van der Waals surface area contributed by atoms with Crippen molar-refractivity contribution >= 4 is 11.3 Å². The molecule has 2 N–H and O–H groups in total. The summed E-state index contributed by atoms with van der Waals surface area (Å²) in [6, 6.07) is 0.417. The highest BCUT2D eigenvalue weighted by molar-refractivity contribution is 7.11. The van der Waals surface area contributed by atoms with E-state index >= 15 is 0 Å². The van der Waals surface area contributed by atoms with Gasteiger partial charge in [-0.3, -0.25) is 0 Å². The second-order valence-corrected chi connectivity index (χ2v) is 7.20. The van der Waals surface area contributed by atoms with E-state index in [0.29, 0.717) is 11.5 Å². The molecule has 108 valence electrons. The normalized spacial score (nSPS) is 24.8. The van der Waals surface area contributed by atoms with Crippen molar-refractivity contribution in [1.29, 1.82) is 0 Å². The largest absolute Gasteiger partial charge is 0.316 e. The van der Waals surface area contributed by atoms with E-state index in [1.165, 1.54) is 47.9 Å². The third-order valence-electron chi connectivity index (χ3n) is 4.23. The van der Waals surface area contributed by atoms with Crippen LogP contribution in [0.3, 0.4) is 0 Å². The van der Waals surface area contributed by atoms with E-state index in [4.69, 9.17) is 0 Å². The van der Waals surface area contributed by atoms with Crippen molar-refractivity contribution in [1.82, 2.24) is 15.6 Å². The Morgan fingerprint density at radius 3 is 2.79 bits per heavy atom. The molecule has 2 heterocycles. The minimum atomic E-state index is 0.417. The van der Waals surface area contributed by atoms with Crippen molar-refractivity contribution in [3.63, 3.8) is 0 Å². The summed E-state index contributed by atoms with van der Waals surface area (Å²) >= 11 is 1.83. The zero-order chi connectivity index (χ0) is 13.9. The van der Waals surface area contributed by atoms with Crippen molar-refractivity contribution < 1.29 is 0 Å². The first-order valence-electron chi connectivity index (χ1n) is 7.44. The van der Waals surface area contributed by atoms with Crippen molar-refractivity contribution in [2.75, 3.05) is 19.6 Å². The van der Waals surface area contributed by atoms with Gasteiger partial charge in [0.25, 0.3) is 0 Å². The molecular weight excluding hydrogens is 254 g/mol. The van der Waals surface area contributed by atoms with E-state index in [9.17, 15) is 0 Å². The number of thiazole rings is 1. The van der Waals surface area contributed by atoms with Gasteiger partial charge in [-0.15, -0.1) is 11.3 Å². The molecule has 0 spiro atoms. The van der Waals surface area contributed by atoms with Gasteiger partial charge in [-0.05, 0) is 45.6 Å². The third-order valence-corrected chi connectivity index (χ3v) is 5.48. The molecule has 2 atom stereocenters. The molecule has 0 amide bonds. The number of nitrogens with zero attached hydrogens (tertiary/aromatic N) is 1. The van der Waals surface area contributed by atoms with Crippen LogP contribution in [-0.2, 0) is 0 Å². The lowest BCUT2D eigenvalue weighted by atomic mass is 9.82. The summed E-state index contributed by atoms with van der Waals surface area (Å²) in [7, 11) is 0. The Morgan fingerprint density at radius 2 is 2.26 bits per heavy atom. The molecule has 0 saturated carbocycles. The van der Waals surface area contributed by atoms with Crippen LogP contribution in [0.1, 0.15) is 54.7 Å². The first-order chi connectivity index (χ1) is 9.06. The Bertz CT molecular complexity index is 408. The van der Waals surface area contributed by atoms with E-state index in [1.54, 1.807) is 0 Å². The van der Waals surface area contributed by atoms with Crippen LogP contribution in [0.25, 0.3) is 0 Å². The van der Waals surface area contributed by atoms with E-state index in [1.807, 2.05) is 11.3 Å². The lowest BCUT2D eigenvalue weighted by Gasteiger charge is -2.30. The number of aromatic nitrogens is 1. The molecule has 0 aliphatic carbocycles. The second-order valence-electron chi connectivity index (χ2n) is 5.96. The molecule has 1 fully saturated rings. The first kappa shape index (κ1) is 14.9. The van der Waals surface area contributed by atoms with Crippen LogP contribution < -0.4 is 10.6 Å². The highest BCUT2D eigenvalue weighted by Gasteiger charge is 2.33. The maximum atomic E-state index is 4.53. The third kappa shape index (κ3) is 3.56. The number of hydrogen-bond acceptors (Lipinski definition) is 4. The fourth-order valence-corrected chi connectivity index (χ4v) is 4.14. The van der Waals surface area contributed by atoms with Gasteiger partial charge in [0.2, 0.25) is 0 Å². The van der Waals surface area contributed by atoms with Crippen molar-refractivity contribution in [3.05, 3.63) is 15.6 Å². The van der Waals surface area contributed by atoms with Gasteiger partial charge in [0.1, 0.15) is 0 Å². The zero-order valence-electron chi connectivity index (χ0n) is 12.7. The summed E-state index contributed by atoms with van der Waals surface area (Å²) in [6.45, 7) is 12.2. The van der Waals surface area contributed by atoms with Gasteiger partial charge in [-0.1, -0.05) is 13.3 Å². The molecule has 1 aliphatic heterocycles. The summed E-state index contributed by atoms with van der Waals surface area (Å²) < 4.78 is 0. The minimum absolute atomic E-state index is 0.417. The molecule has 0 bridgehead atoms. The molecular formula is C15H27N3S. The Balaban J connectivity index is 1.95. The van der Waals surface area contributed by atoms with Crippen molar-refractivity contribution in [2.45, 2.75) is 53.0 Å². The molecule has 2 rings (SSSR count). The zero-order valence-corrected chi connectivity index (χ0v) is 13.5. The number of hydrogen-bond donors (Lipinski definition) is 2. The van der Waals surface area contributed by atoms with Gasteiger partial charge >= 0.3 is 0 Å². The molecule has 3 nitrogen and oxygen atoms in total. The van der Waals surface area contributed by atoms with E-state index < -0.39 is 0 Å². The quantitative estimate of drug-likeness (QED) is 0.841. The van der Waals surface area contributed by atoms with Crippen LogP contribution >= 0.6 is 11.3 Å². The summed E-state index contributed by atoms with van der Waals surface area (Å²) in [6.07, 6.45) is 3.90. The van der Waals surface area contributed by atoms with Crippen LogP contribution in [0.5, 0.6) is 0 Å². The number of rotatable bonds is 6. The van der Waals surface area contributed by atoms with Gasteiger partial charge in [-0.2, -0.15) is 0 Å². The highest BCUT2D eigenvalue weighted by Crippen LogP contribution is 2.32. The molecule has 0 radical (unpaired) electrons. The smallest absolute Gasteiger partial charge is 0.0900 e. The summed E-state index contributed by atoms with van der Waals surface area (Å²) in [5, 5.41) is 8.45. The van der Waals surface area contributed by atoms with Gasteiger partial charge in [-0.25, -0.2) is 4.98 Å². The van der Waals surface area contributed by atoms with Gasteiger partial charge < -0.3 is 10.6 Å². The maximum absolute atomic E-state index is 4.53. The fourth-order valence-electron chi connectivity index (χ4n) is 3.19. The molecule has 1 aromatic rings. The van der Waals surface area contributed by atoms with E-state index in [-0.39, 0.29) is 0 Å². The summed E-state index contributed by atoms with van der Waals surface area (Å²) in [5.41, 5.74) is 1.66. The van der Waals surface area contributed by atoms with Gasteiger partial charge in [0, 0.05) is 24.0 Å². The maximum Gasteiger partial charge on any atom is 0.0900 e. The van der Waals surface area contributed by atoms with E-state index in [2.05, 4.69) is 43.3 Å². The van der Waals surface area contributed by atoms with Crippen LogP contribution in [0.2, 0.25) is 0 Å². The Kier molecular flexibility index (Phi) is 4.98. The number of nitrogens with one attached hydrogen (secondary N) is 2. The van der Waals surface area contributed by atoms with Gasteiger partial charge in [0.05, 0.1) is 10.7 Å². The topological polar surface area (TPSA) is 37.0 Å². The predicted octanol–water partition coefficient (Wildman–Crippen LogP) is 3.19. The molecule has 4 heteroatoms. The highest BCUT2D eigenvalue weighted by atomic mass is 32.1. The molecule has 19 heavy (non-hydrogen) atoms. The monoisotopic (exact) mass is 281 g/mol. The average molecular weight is 281 g/mol. The van der Waals surface area contributed by atoms with E-state index in [0.717, 1.165) is 6.54 Å². The molecule has 0 aromatic carbocycles. The van der Waals surface area contributed by atoms with Crippen LogP contribution in [0.4, 0.5) is 0 Å².